The molecule has 0 bridgehead atoms. The topological polar surface area (TPSA) is 103 Å². The standard InChI is InChI=1S/C16H16F2N2O6/c1-3-6-19-13(21)9-25-14(22)8-20-15(23)10-4-5-11(26-16(17)18)12(7-10)24-2/h1,4-5,7,16H,6,8-9H2,2H3,(H,19,21)(H,20,23). The summed E-state index contributed by atoms with van der Waals surface area (Å²) >= 11 is 0. The number of hydrogen-bond donors (Lipinski definition) is 2. The second kappa shape index (κ2) is 10.5. The Morgan fingerprint density at radius 2 is 1.96 bits per heavy atom. The quantitative estimate of drug-likeness (QED) is 0.479. The predicted octanol–water partition coefficient (Wildman–Crippen LogP) is 0.319. The Morgan fingerprint density at radius 1 is 1.23 bits per heavy atom. The number of amides is 2. The summed E-state index contributed by atoms with van der Waals surface area (Å²) in [5.74, 6) is -0.249. The van der Waals surface area contributed by atoms with Crippen LogP contribution in [-0.4, -0.2) is 51.2 Å². The molecule has 0 saturated heterocycles. The molecule has 1 aromatic rings. The van der Waals surface area contributed by atoms with E-state index in [1.165, 1.54) is 19.2 Å². The zero-order valence-electron chi connectivity index (χ0n) is 13.7. The number of alkyl halides is 2. The smallest absolute Gasteiger partial charge is 0.387 e. The van der Waals surface area contributed by atoms with Gasteiger partial charge in [-0.15, -0.1) is 6.42 Å². The molecule has 140 valence electrons. The van der Waals surface area contributed by atoms with Crippen molar-refractivity contribution in [2.45, 2.75) is 6.61 Å². The van der Waals surface area contributed by atoms with Crippen molar-refractivity contribution in [3.63, 3.8) is 0 Å². The molecule has 0 aliphatic rings. The van der Waals surface area contributed by atoms with Gasteiger partial charge in [-0.05, 0) is 18.2 Å². The molecule has 1 rings (SSSR count). The maximum atomic E-state index is 12.3. The van der Waals surface area contributed by atoms with Crippen molar-refractivity contribution >= 4 is 17.8 Å². The summed E-state index contributed by atoms with van der Waals surface area (Å²) in [7, 11) is 1.22. The maximum absolute atomic E-state index is 12.3. The second-order valence-corrected chi connectivity index (χ2v) is 4.57. The zero-order chi connectivity index (χ0) is 19.5. The van der Waals surface area contributed by atoms with Crippen molar-refractivity contribution in [1.82, 2.24) is 10.6 Å². The molecule has 0 aliphatic heterocycles. The van der Waals surface area contributed by atoms with Crippen LogP contribution in [0.1, 0.15) is 10.4 Å². The van der Waals surface area contributed by atoms with Crippen LogP contribution in [-0.2, 0) is 14.3 Å². The molecular formula is C16H16F2N2O6. The molecule has 0 spiro atoms. The van der Waals surface area contributed by atoms with E-state index in [2.05, 4.69) is 26.0 Å². The van der Waals surface area contributed by atoms with Gasteiger partial charge in [-0.2, -0.15) is 8.78 Å². The second-order valence-electron chi connectivity index (χ2n) is 4.57. The Kier molecular flexibility index (Phi) is 8.36. The third-order valence-corrected chi connectivity index (χ3v) is 2.79. The number of carbonyl (C=O) groups is 3. The highest BCUT2D eigenvalue weighted by molar-refractivity contribution is 5.96. The fourth-order valence-corrected chi connectivity index (χ4v) is 1.65. The molecule has 0 aliphatic carbocycles. The first-order valence-electron chi connectivity index (χ1n) is 7.14. The maximum Gasteiger partial charge on any atom is 0.387 e. The number of halogens is 2. The van der Waals surface area contributed by atoms with Crippen molar-refractivity contribution in [2.75, 3.05) is 26.8 Å². The lowest BCUT2D eigenvalue weighted by Gasteiger charge is -2.11. The molecule has 0 unspecified atom stereocenters. The molecule has 0 atom stereocenters. The summed E-state index contributed by atoms with van der Waals surface area (Å²) in [5, 5.41) is 4.55. The van der Waals surface area contributed by atoms with Gasteiger partial charge in [0.1, 0.15) is 6.54 Å². The molecule has 10 heteroatoms. The van der Waals surface area contributed by atoms with Crippen LogP contribution in [0, 0.1) is 12.3 Å². The first kappa shape index (κ1) is 20.7. The number of ether oxygens (including phenoxy) is 3. The molecule has 1 aromatic carbocycles. The van der Waals surface area contributed by atoms with Crippen LogP contribution in [0.15, 0.2) is 18.2 Å². The number of rotatable bonds is 9. The highest BCUT2D eigenvalue weighted by Gasteiger charge is 2.15. The number of terminal acetylenes is 1. The average Bonchev–Trinajstić information content (AvgIpc) is 2.62. The fraction of sp³-hybridized carbons (Fsp3) is 0.312. The Bertz CT molecular complexity index is 702. The largest absolute Gasteiger partial charge is 0.493 e. The van der Waals surface area contributed by atoms with Gasteiger partial charge in [0.15, 0.2) is 18.1 Å². The van der Waals surface area contributed by atoms with E-state index in [1.807, 2.05) is 0 Å². The average molecular weight is 370 g/mol. The van der Waals surface area contributed by atoms with Crippen LogP contribution in [0.2, 0.25) is 0 Å². The number of benzene rings is 1. The van der Waals surface area contributed by atoms with Crippen molar-refractivity contribution in [3.8, 4) is 23.8 Å². The van der Waals surface area contributed by atoms with Gasteiger partial charge in [-0.3, -0.25) is 14.4 Å². The minimum Gasteiger partial charge on any atom is -0.493 e. The molecule has 0 radical (unpaired) electrons. The summed E-state index contributed by atoms with van der Waals surface area (Å²) < 4.78 is 38.3. The summed E-state index contributed by atoms with van der Waals surface area (Å²) in [5.41, 5.74) is 0.0445. The van der Waals surface area contributed by atoms with E-state index >= 15 is 0 Å². The first-order valence-corrected chi connectivity index (χ1v) is 7.14. The van der Waals surface area contributed by atoms with Gasteiger partial charge in [-0.25, -0.2) is 0 Å². The van der Waals surface area contributed by atoms with Gasteiger partial charge >= 0.3 is 12.6 Å². The van der Waals surface area contributed by atoms with Crippen molar-refractivity contribution in [3.05, 3.63) is 23.8 Å². The predicted molar refractivity (Wildman–Crippen MR) is 84.8 cm³/mol. The molecule has 0 fully saturated rings. The van der Waals surface area contributed by atoms with Crippen molar-refractivity contribution < 1.29 is 37.4 Å². The highest BCUT2D eigenvalue weighted by atomic mass is 19.3. The number of esters is 1. The molecule has 26 heavy (non-hydrogen) atoms. The van der Waals surface area contributed by atoms with Crippen LogP contribution in [0.5, 0.6) is 11.5 Å². The number of carbonyl (C=O) groups excluding carboxylic acids is 3. The number of methoxy groups -OCH3 is 1. The molecular weight excluding hydrogens is 354 g/mol. The lowest BCUT2D eigenvalue weighted by Crippen LogP contribution is -2.34. The fourth-order valence-electron chi connectivity index (χ4n) is 1.65. The zero-order valence-corrected chi connectivity index (χ0v) is 13.7. The molecule has 2 N–H and O–H groups in total. The molecule has 0 heterocycles. The van der Waals surface area contributed by atoms with Crippen LogP contribution < -0.4 is 20.1 Å². The molecule has 0 aromatic heterocycles. The molecule has 8 nitrogen and oxygen atoms in total. The molecule has 0 saturated carbocycles. The Balaban J connectivity index is 2.53. The van der Waals surface area contributed by atoms with Gasteiger partial charge in [0.2, 0.25) is 0 Å². The van der Waals surface area contributed by atoms with E-state index in [0.717, 1.165) is 6.07 Å². The minimum absolute atomic E-state index is 0.000220. The van der Waals surface area contributed by atoms with Crippen LogP contribution >= 0.6 is 0 Å². The lowest BCUT2D eigenvalue weighted by molar-refractivity contribution is -0.147. The van der Waals surface area contributed by atoms with Crippen molar-refractivity contribution in [1.29, 1.82) is 0 Å². The SMILES string of the molecule is C#CCNC(=O)COC(=O)CNC(=O)c1ccc(OC(F)F)c(OC)c1. The first-order chi connectivity index (χ1) is 12.4. The summed E-state index contributed by atoms with van der Waals surface area (Å²) in [4.78, 5) is 34.6. The summed E-state index contributed by atoms with van der Waals surface area (Å²) in [6.45, 7) is -4.08. The Hall–Kier alpha value is -3.35. The number of nitrogens with one attached hydrogen (secondary N) is 2. The van der Waals surface area contributed by atoms with E-state index in [4.69, 9.17) is 11.2 Å². The summed E-state index contributed by atoms with van der Waals surface area (Å²) in [6, 6.07) is 3.52. The number of hydrogen-bond acceptors (Lipinski definition) is 6. The van der Waals surface area contributed by atoms with Gasteiger partial charge < -0.3 is 24.8 Å². The van der Waals surface area contributed by atoms with Crippen LogP contribution in [0.4, 0.5) is 8.78 Å². The monoisotopic (exact) mass is 370 g/mol. The van der Waals surface area contributed by atoms with E-state index < -0.39 is 37.5 Å². The van der Waals surface area contributed by atoms with Crippen molar-refractivity contribution in [2.24, 2.45) is 0 Å². The third kappa shape index (κ3) is 7.04. The van der Waals surface area contributed by atoms with E-state index in [9.17, 15) is 23.2 Å². The van der Waals surface area contributed by atoms with Gasteiger partial charge in [0.25, 0.3) is 11.8 Å². The highest BCUT2D eigenvalue weighted by Crippen LogP contribution is 2.29. The van der Waals surface area contributed by atoms with Gasteiger partial charge in [-0.1, -0.05) is 5.92 Å². The third-order valence-electron chi connectivity index (χ3n) is 2.79. The normalized spacial score (nSPS) is 9.81. The molecule has 2 amide bonds. The van der Waals surface area contributed by atoms with E-state index in [1.54, 1.807) is 0 Å². The van der Waals surface area contributed by atoms with Gasteiger partial charge in [0, 0.05) is 5.56 Å². The Labute approximate surface area is 147 Å². The van der Waals surface area contributed by atoms with E-state index in [-0.39, 0.29) is 23.6 Å². The minimum atomic E-state index is -3.05. The summed E-state index contributed by atoms with van der Waals surface area (Å²) in [6.07, 6.45) is 4.95. The van der Waals surface area contributed by atoms with Gasteiger partial charge in [0.05, 0.1) is 13.7 Å². The van der Waals surface area contributed by atoms with Crippen LogP contribution in [0.3, 0.4) is 0 Å². The van der Waals surface area contributed by atoms with Crippen LogP contribution in [0.25, 0.3) is 0 Å². The Morgan fingerprint density at radius 3 is 2.58 bits per heavy atom. The van der Waals surface area contributed by atoms with E-state index in [0.29, 0.717) is 0 Å². The lowest BCUT2D eigenvalue weighted by atomic mass is 10.2.